The van der Waals surface area contributed by atoms with E-state index >= 15 is 0 Å². The Balaban J connectivity index is 2.64. The predicted octanol–water partition coefficient (Wildman–Crippen LogP) is 5.82. The van der Waals surface area contributed by atoms with E-state index < -0.39 is 0 Å². The van der Waals surface area contributed by atoms with Crippen LogP contribution >= 0.6 is 0 Å². The van der Waals surface area contributed by atoms with Gasteiger partial charge in [-0.15, -0.1) is 0 Å². The summed E-state index contributed by atoms with van der Waals surface area (Å²) in [4.78, 5) is 0. The molecule has 3 nitrogen and oxygen atoms in total. The monoisotopic (exact) mass is 382 g/mol. The molecule has 1 aromatic heterocycles. The van der Waals surface area contributed by atoms with E-state index in [2.05, 4.69) is 73.6 Å². The van der Waals surface area contributed by atoms with Gasteiger partial charge >= 0.3 is 0 Å². The maximum Gasteiger partial charge on any atom is 0.0674 e. The zero-order chi connectivity index (χ0) is 21.4. The number of hydrogen-bond acceptors (Lipinski definition) is 2. The van der Waals surface area contributed by atoms with Crippen molar-refractivity contribution < 1.29 is 4.74 Å². The van der Waals surface area contributed by atoms with Crippen molar-refractivity contribution in [2.45, 2.75) is 80.7 Å². The summed E-state index contributed by atoms with van der Waals surface area (Å²) in [5, 5.41) is 4.95. The number of benzene rings is 1. The van der Waals surface area contributed by atoms with Crippen LogP contribution in [0, 0.1) is 41.5 Å². The lowest BCUT2D eigenvalue weighted by Crippen LogP contribution is -2.26. The topological polar surface area (TPSA) is 27.1 Å². The molecule has 3 heteroatoms. The van der Waals surface area contributed by atoms with Gasteiger partial charge in [-0.3, -0.25) is 4.68 Å². The molecule has 0 unspecified atom stereocenters. The Bertz CT molecular complexity index is 865. The van der Waals surface area contributed by atoms with Crippen LogP contribution in [0.4, 0.5) is 0 Å². The van der Waals surface area contributed by atoms with Gasteiger partial charge in [0.2, 0.25) is 0 Å². The summed E-state index contributed by atoms with van der Waals surface area (Å²) in [7, 11) is 1.73. The molecule has 28 heavy (non-hydrogen) atoms. The van der Waals surface area contributed by atoms with E-state index in [9.17, 15) is 0 Å². The quantitative estimate of drug-likeness (QED) is 0.588. The van der Waals surface area contributed by atoms with Gasteiger partial charge < -0.3 is 4.74 Å². The second kappa shape index (κ2) is 8.24. The van der Waals surface area contributed by atoms with E-state index in [0.29, 0.717) is 6.61 Å². The van der Waals surface area contributed by atoms with Crippen molar-refractivity contribution in [2.75, 3.05) is 13.7 Å². The van der Waals surface area contributed by atoms with Crippen molar-refractivity contribution in [3.05, 3.63) is 62.5 Å². The molecule has 0 aliphatic carbocycles. The highest BCUT2D eigenvalue weighted by Gasteiger charge is 2.25. The molecule has 0 atom stereocenters. The van der Waals surface area contributed by atoms with Gasteiger partial charge in [-0.2, -0.15) is 5.10 Å². The number of nitrogens with zero attached hydrogens (tertiary/aromatic N) is 2. The number of methoxy groups -OCH3 is 1. The first-order valence-electron chi connectivity index (χ1n) is 10.2. The molecule has 0 aliphatic heterocycles. The molecule has 0 saturated carbocycles. The third-order valence-corrected chi connectivity index (χ3v) is 6.20. The number of aromatic nitrogens is 2. The van der Waals surface area contributed by atoms with Crippen molar-refractivity contribution in [3.63, 3.8) is 0 Å². The van der Waals surface area contributed by atoms with Crippen LogP contribution in [0.1, 0.15) is 71.1 Å². The van der Waals surface area contributed by atoms with Crippen molar-refractivity contribution in [1.82, 2.24) is 9.78 Å². The second-order valence-electron chi connectivity index (χ2n) is 9.23. The molecule has 0 bridgehead atoms. The number of hydrogen-bond donors (Lipinski definition) is 0. The Morgan fingerprint density at radius 1 is 0.893 bits per heavy atom. The van der Waals surface area contributed by atoms with Crippen LogP contribution < -0.4 is 0 Å². The van der Waals surface area contributed by atoms with Gasteiger partial charge in [0.05, 0.1) is 17.8 Å². The summed E-state index contributed by atoms with van der Waals surface area (Å²) in [5.74, 6) is 0. The fraction of sp³-hybridized carbons (Fsp3) is 0.560. The highest BCUT2D eigenvalue weighted by molar-refractivity contribution is 5.51. The molecule has 154 valence electrons. The van der Waals surface area contributed by atoms with Crippen LogP contribution in [0.25, 0.3) is 0 Å². The minimum Gasteiger partial charge on any atom is -0.380 e. The maximum absolute atomic E-state index is 5.32. The van der Waals surface area contributed by atoms with Crippen LogP contribution in [0.2, 0.25) is 0 Å². The molecule has 0 fully saturated rings. The SMILES string of the molecule is C=C(COC)Cc1c(Cc2c(C)c(C)c(C)c(C)c2C)c(C)nn1C(C)(C)C. The van der Waals surface area contributed by atoms with Crippen molar-refractivity contribution in [3.8, 4) is 0 Å². The first kappa shape index (κ1) is 22.4. The number of rotatable bonds is 6. The minimum absolute atomic E-state index is 0.0745. The molecule has 0 aliphatic rings. The Labute approximate surface area is 171 Å². The van der Waals surface area contributed by atoms with Gasteiger partial charge in [-0.05, 0) is 101 Å². The van der Waals surface area contributed by atoms with Crippen LogP contribution in [0.15, 0.2) is 12.2 Å². The summed E-state index contributed by atoms with van der Waals surface area (Å²) in [6, 6.07) is 0. The average molecular weight is 383 g/mol. The van der Waals surface area contributed by atoms with Gasteiger partial charge in [-0.25, -0.2) is 0 Å². The number of aryl methyl sites for hydroxylation is 1. The Morgan fingerprint density at radius 3 is 1.86 bits per heavy atom. The van der Waals surface area contributed by atoms with Gasteiger partial charge in [0, 0.05) is 31.2 Å². The van der Waals surface area contributed by atoms with Gasteiger partial charge in [0.25, 0.3) is 0 Å². The van der Waals surface area contributed by atoms with Gasteiger partial charge in [0.15, 0.2) is 0 Å². The van der Waals surface area contributed by atoms with E-state index in [1.807, 2.05) is 0 Å². The van der Waals surface area contributed by atoms with E-state index in [-0.39, 0.29) is 5.54 Å². The smallest absolute Gasteiger partial charge is 0.0674 e. The van der Waals surface area contributed by atoms with Crippen LogP contribution in [0.5, 0.6) is 0 Å². The van der Waals surface area contributed by atoms with E-state index in [0.717, 1.165) is 24.1 Å². The lowest BCUT2D eigenvalue weighted by molar-refractivity contribution is 0.223. The van der Waals surface area contributed by atoms with Gasteiger partial charge in [0.1, 0.15) is 0 Å². The van der Waals surface area contributed by atoms with Crippen molar-refractivity contribution >= 4 is 0 Å². The normalized spacial score (nSPS) is 11.9. The first-order chi connectivity index (χ1) is 12.9. The molecular weight excluding hydrogens is 344 g/mol. The summed E-state index contributed by atoms with van der Waals surface area (Å²) in [6.45, 7) is 24.8. The maximum atomic E-state index is 5.32. The molecular formula is C25H38N2O. The van der Waals surface area contributed by atoms with E-state index in [4.69, 9.17) is 9.84 Å². The van der Waals surface area contributed by atoms with Crippen molar-refractivity contribution in [2.24, 2.45) is 0 Å². The third-order valence-electron chi connectivity index (χ3n) is 6.20. The average Bonchev–Trinajstić information content (AvgIpc) is 2.91. The molecule has 0 amide bonds. The predicted molar refractivity (Wildman–Crippen MR) is 120 cm³/mol. The largest absolute Gasteiger partial charge is 0.380 e. The molecule has 0 spiro atoms. The third kappa shape index (κ3) is 4.25. The van der Waals surface area contributed by atoms with E-state index in [1.54, 1.807) is 7.11 Å². The molecule has 1 aromatic carbocycles. The summed E-state index contributed by atoms with van der Waals surface area (Å²) in [6.07, 6.45) is 1.71. The molecule has 2 rings (SSSR count). The Kier molecular flexibility index (Phi) is 6.60. The fourth-order valence-electron chi connectivity index (χ4n) is 4.09. The zero-order valence-electron chi connectivity index (χ0n) is 19.6. The van der Waals surface area contributed by atoms with Crippen LogP contribution in [0.3, 0.4) is 0 Å². The molecule has 0 saturated heterocycles. The molecule has 1 heterocycles. The van der Waals surface area contributed by atoms with Crippen LogP contribution in [-0.2, 0) is 23.1 Å². The van der Waals surface area contributed by atoms with Crippen LogP contribution in [-0.4, -0.2) is 23.5 Å². The first-order valence-corrected chi connectivity index (χ1v) is 10.2. The van der Waals surface area contributed by atoms with E-state index in [1.165, 1.54) is 44.6 Å². The fourth-order valence-corrected chi connectivity index (χ4v) is 4.09. The Hall–Kier alpha value is -1.87. The molecule has 0 radical (unpaired) electrons. The molecule has 0 N–H and O–H groups in total. The molecule has 2 aromatic rings. The Morgan fingerprint density at radius 2 is 1.39 bits per heavy atom. The lowest BCUT2D eigenvalue weighted by Gasteiger charge is -2.24. The van der Waals surface area contributed by atoms with Crippen molar-refractivity contribution in [1.29, 1.82) is 0 Å². The minimum atomic E-state index is -0.0745. The summed E-state index contributed by atoms with van der Waals surface area (Å²) >= 11 is 0. The number of ether oxygens (including phenoxy) is 1. The highest BCUT2D eigenvalue weighted by atomic mass is 16.5. The standard InChI is InChI=1S/C25H38N2O/c1-15(14-28-11)12-24-23(21(7)26-27(24)25(8,9)10)13-22-19(5)17(3)16(2)18(4)20(22)6/h1,12-14H2,2-11H3. The summed E-state index contributed by atoms with van der Waals surface area (Å²) < 4.78 is 7.51. The summed E-state index contributed by atoms with van der Waals surface area (Å²) in [5.41, 5.74) is 13.2. The lowest BCUT2D eigenvalue weighted by atomic mass is 9.86. The highest BCUT2D eigenvalue weighted by Crippen LogP contribution is 2.31. The van der Waals surface area contributed by atoms with Gasteiger partial charge in [-0.1, -0.05) is 6.58 Å². The second-order valence-corrected chi connectivity index (χ2v) is 9.23. The zero-order valence-corrected chi connectivity index (χ0v) is 19.6.